The highest BCUT2D eigenvalue weighted by molar-refractivity contribution is 7.99. The first kappa shape index (κ1) is 14.5. The monoisotopic (exact) mass is 300 g/mol. The molecule has 0 saturated heterocycles. The van der Waals surface area contributed by atoms with Gasteiger partial charge in [-0.15, -0.1) is 0 Å². The molecule has 20 heavy (non-hydrogen) atoms. The lowest BCUT2D eigenvalue weighted by atomic mass is 10.3. The van der Waals surface area contributed by atoms with Crippen LogP contribution < -0.4 is 10.5 Å². The van der Waals surface area contributed by atoms with Gasteiger partial charge in [-0.05, 0) is 18.2 Å². The van der Waals surface area contributed by atoms with Crippen LogP contribution in [0.5, 0.6) is 5.75 Å². The summed E-state index contributed by atoms with van der Waals surface area (Å²) in [5.74, 6) is 0.572. The molecule has 0 radical (unpaired) electrons. The first-order valence-electron chi connectivity index (χ1n) is 5.55. The molecule has 7 heteroatoms. The molecule has 0 atom stereocenters. The van der Waals surface area contributed by atoms with E-state index < -0.39 is 11.9 Å². The van der Waals surface area contributed by atoms with Gasteiger partial charge in [-0.2, -0.15) is 13.2 Å². The second kappa shape index (κ2) is 5.62. The van der Waals surface area contributed by atoms with E-state index in [9.17, 15) is 13.2 Å². The largest absolute Gasteiger partial charge is 0.496 e. The number of nitrogen functional groups attached to an aromatic ring is 1. The summed E-state index contributed by atoms with van der Waals surface area (Å²) >= 11 is 1.11. The molecule has 106 valence electrons. The Morgan fingerprint density at radius 3 is 2.55 bits per heavy atom. The fourth-order valence-corrected chi connectivity index (χ4v) is 2.49. The van der Waals surface area contributed by atoms with Gasteiger partial charge >= 0.3 is 6.18 Å². The lowest BCUT2D eigenvalue weighted by Gasteiger charge is -2.11. The zero-order valence-electron chi connectivity index (χ0n) is 10.4. The maximum atomic E-state index is 12.6. The number of halogens is 3. The summed E-state index contributed by atoms with van der Waals surface area (Å²) in [7, 11) is 1.50. The summed E-state index contributed by atoms with van der Waals surface area (Å²) in [6.07, 6.45) is -3.48. The van der Waals surface area contributed by atoms with Crippen molar-refractivity contribution in [1.82, 2.24) is 4.98 Å². The van der Waals surface area contributed by atoms with Crippen LogP contribution >= 0.6 is 11.8 Å². The molecular formula is C13H11F3N2OS. The summed E-state index contributed by atoms with van der Waals surface area (Å²) in [4.78, 5) is 4.27. The van der Waals surface area contributed by atoms with Crippen molar-refractivity contribution in [3.8, 4) is 5.75 Å². The first-order valence-corrected chi connectivity index (χ1v) is 6.37. The van der Waals surface area contributed by atoms with Crippen molar-refractivity contribution in [3.05, 3.63) is 42.2 Å². The fourth-order valence-electron chi connectivity index (χ4n) is 1.51. The van der Waals surface area contributed by atoms with Crippen molar-refractivity contribution in [1.29, 1.82) is 0 Å². The van der Waals surface area contributed by atoms with E-state index in [4.69, 9.17) is 10.5 Å². The number of ether oxygens (including phenoxy) is 1. The standard InChI is InChI=1S/C13H11F3N2OS/c1-19-9-4-2-3-5-10(9)20-11-6-12(13(14,15)16)18-7-8(11)17/h2-7H,17H2,1H3. The number of nitrogens with zero attached hydrogens (tertiary/aromatic N) is 1. The minimum Gasteiger partial charge on any atom is -0.496 e. The minimum atomic E-state index is -4.50. The van der Waals surface area contributed by atoms with Gasteiger partial charge in [0.1, 0.15) is 11.4 Å². The van der Waals surface area contributed by atoms with Gasteiger partial charge < -0.3 is 10.5 Å². The first-order chi connectivity index (χ1) is 9.41. The Morgan fingerprint density at radius 2 is 1.90 bits per heavy atom. The van der Waals surface area contributed by atoms with Gasteiger partial charge in [0.05, 0.1) is 23.9 Å². The number of pyridine rings is 1. The van der Waals surface area contributed by atoms with Crippen LogP contribution in [-0.4, -0.2) is 12.1 Å². The van der Waals surface area contributed by atoms with Crippen molar-refractivity contribution < 1.29 is 17.9 Å². The van der Waals surface area contributed by atoms with E-state index in [0.29, 0.717) is 10.6 Å². The molecule has 1 heterocycles. The Morgan fingerprint density at radius 1 is 1.20 bits per heavy atom. The molecule has 0 bridgehead atoms. The molecule has 0 unspecified atom stereocenters. The predicted octanol–water partition coefficient (Wildman–Crippen LogP) is 3.84. The topological polar surface area (TPSA) is 48.1 Å². The third-order valence-corrected chi connectivity index (χ3v) is 3.61. The third kappa shape index (κ3) is 3.16. The van der Waals surface area contributed by atoms with Crippen molar-refractivity contribution >= 4 is 17.4 Å². The lowest BCUT2D eigenvalue weighted by molar-refractivity contribution is -0.141. The lowest BCUT2D eigenvalue weighted by Crippen LogP contribution is -2.08. The maximum absolute atomic E-state index is 12.6. The maximum Gasteiger partial charge on any atom is 0.433 e. The average Bonchev–Trinajstić information content (AvgIpc) is 2.40. The van der Waals surface area contributed by atoms with E-state index in [0.717, 1.165) is 24.0 Å². The van der Waals surface area contributed by atoms with Crippen LogP contribution in [0.15, 0.2) is 46.3 Å². The summed E-state index contributed by atoms with van der Waals surface area (Å²) < 4.78 is 43.1. The highest BCUT2D eigenvalue weighted by atomic mass is 32.2. The van der Waals surface area contributed by atoms with Gasteiger partial charge in [0.15, 0.2) is 0 Å². The van der Waals surface area contributed by atoms with E-state index in [-0.39, 0.29) is 10.6 Å². The van der Waals surface area contributed by atoms with Crippen LogP contribution in [-0.2, 0) is 6.18 Å². The van der Waals surface area contributed by atoms with Crippen LogP contribution in [0.2, 0.25) is 0 Å². The number of aromatic nitrogens is 1. The highest BCUT2D eigenvalue weighted by Crippen LogP contribution is 2.39. The summed E-state index contributed by atoms with van der Waals surface area (Å²) in [5, 5.41) is 0. The van der Waals surface area contributed by atoms with Gasteiger partial charge in [0.2, 0.25) is 0 Å². The molecule has 0 aliphatic rings. The molecule has 3 nitrogen and oxygen atoms in total. The Kier molecular flexibility index (Phi) is 4.08. The third-order valence-electron chi connectivity index (χ3n) is 2.47. The number of benzene rings is 1. The average molecular weight is 300 g/mol. The van der Waals surface area contributed by atoms with Crippen molar-refractivity contribution in [2.24, 2.45) is 0 Å². The molecule has 2 aromatic rings. The number of rotatable bonds is 3. The Hall–Kier alpha value is -1.89. The van der Waals surface area contributed by atoms with Gasteiger partial charge in [0, 0.05) is 4.90 Å². The van der Waals surface area contributed by atoms with E-state index in [1.165, 1.54) is 7.11 Å². The Bertz CT molecular complexity index is 617. The number of hydrogen-bond acceptors (Lipinski definition) is 4. The number of alkyl halides is 3. The molecule has 0 aliphatic carbocycles. The molecule has 0 saturated carbocycles. The Balaban J connectivity index is 2.38. The second-order valence-electron chi connectivity index (χ2n) is 3.86. The molecule has 0 aliphatic heterocycles. The summed E-state index contributed by atoms with van der Waals surface area (Å²) in [6, 6.07) is 7.96. The van der Waals surface area contributed by atoms with Crippen molar-refractivity contribution in [3.63, 3.8) is 0 Å². The molecular weight excluding hydrogens is 289 g/mol. The fraction of sp³-hybridized carbons (Fsp3) is 0.154. The van der Waals surface area contributed by atoms with Gasteiger partial charge in [0.25, 0.3) is 0 Å². The predicted molar refractivity (Wildman–Crippen MR) is 70.8 cm³/mol. The molecule has 0 fully saturated rings. The SMILES string of the molecule is COc1ccccc1Sc1cc(C(F)(F)F)ncc1N. The van der Waals surface area contributed by atoms with Crippen LogP contribution in [0, 0.1) is 0 Å². The van der Waals surface area contributed by atoms with Gasteiger partial charge in [-0.25, -0.2) is 4.98 Å². The number of anilines is 1. The number of hydrogen-bond donors (Lipinski definition) is 1. The van der Waals surface area contributed by atoms with Gasteiger partial charge in [-0.1, -0.05) is 23.9 Å². The Labute approximate surface area is 118 Å². The summed E-state index contributed by atoms with van der Waals surface area (Å²) in [5.41, 5.74) is 4.90. The van der Waals surface area contributed by atoms with E-state index >= 15 is 0 Å². The summed E-state index contributed by atoms with van der Waals surface area (Å²) in [6.45, 7) is 0. The number of methoxy groups -OCH3 is 1. The van der Waals surface area contributed by atoms with Crippen LogP contribution in [0.3, 0.4) is 0 Å². The van der Waals surface area contributed by atoms with Crippen molar-refractivity contribution in [2.45, 2.75) is 16.0 Å². The zero-order valence-corrected chi connectivity index (χ0v) is 11.3. The number of nitrogens with two attached hydrogens (primary N) is 1. The van der Waals surface area contributed by atoms with Gasteiger partial charge in [-0.3, -0.25) is 0 Å². The minimum absolute atomic E-state index is 0.189. The van der Waals surface area contributed by atoms with Crippen molar-refractivity contribution in [2.75, 3.05) is 12.8 Å². The van der Waals surface area contributed by atoms with Crippen LogP contribution in [0.25, 0.3) is 0 Å². The van der Waals surface area contributed by atoms with Crippen LogP contribution in [0.1, 0.15) is 5.69 Å². The molecule has 0 spiro atoms. The van der Waals surface area contributed by atoms with Crippen LogP contribution in [0.4, 0.5) is 18.9 Å². The number of para-hydroxylation sites is 1. The molecule has 1 aromatic heterocycles. The second-order valence-corrected chi connectivity index (χ2v) is 4.94. The normalized spacial score (nSPS) is 11.4. The molecule has 0 amide bonds. The highest BCUT2D eigenvalue weighted by Gasteiger charge is 2.33. The molecule has 2 rings (SSSR count). The molecule has 2 N–H and O–H groups in total. The molecule has 1 aromatic carbocycles. The zero-order chi connectivity index (χ0) is 14.8. The smallest absolute Gasteiger partial charge is 0.433 e. The van der Waals surface area contributed by atoms with E-state index in [2.05, 4.69) is 4.98 Å². The quantitative estimate of drug-likeness (QED) is 0.935. The van der Waals surface area contributed by atoms with E-state index in [1.807, 2.05) is 0 Å². The van der Waals surface area contributed by atoms with E-state index in [1.54, 1.807) is 24.3 Å².